The molecule has 2 aliphatic rings. The molecule has 7 nitrogen and oxygen atoms in total. The zero-order valence-electron chi connectivity index (χ0n) is 22.1. The van der Waals surface area contributed by atoms with E-state index in [1.54, 1.807) is 0 Å². The summed E-state index contributed by atoms with van der Waals surface area (Å²) in [5, 5.41) is 0. The summed E-state index contributed by atoms with van der Waals surface area (Å²) >= 11 is 0. The highest BCUT2D eigenvalue weighted by Gasteiger charge is 2.31. The van der Waals surface area contributed by atoms with Crippen molar-refractivity contribution in [2.45, 2.75) is 51.6 Å². The Hall–Kier alpha value is -3.29. The normalized spacial score (nSPS) is 17.9. The molecule has 1 aliphatic heterocycles. The molecule has 0 spiro atoms. The van der Waals surface area contributed by atoms with Crippen molar-refractivity contribution in [3.8, 4) is 11.4 Å². The summed E-state index contributed by atoms with van der Waals surface area (Å²) < 4.78 is 0. The molecule has 0 amide bonds. The maximum Gasteiger partial charge on any atom is 0.145 e. The van der Waals surface area contributed by atoms with Crippen molar-refractivity contribution >= 4 is 16.7 Å². The van der Waals surface area contributed by atoms with Gasteiger partial charge in [-0.05, 0) is 47.9 Å². The summed E-state index contributed by atoms with van der Waals surface area (Å²) in [7, 11) is 0. The Morgan fingerprint density at radius 3 is 2.43 bits per heavy atom. The molecule has 0 radical (unpaired) electrons. The lowest BCUT2D eigenvalue weighted by Crippen LogP contribution is -2.46. The average molecular weight is 496 g/mol. The molecule has 2 aromatic carbocycles. The van der Waals surface area contributed by atoms with E-state index in [1.165, 1.54) is 24.1 Å². The fraction of sp³-hybridized carbons (Fsp3) is 0.433. The molecule has 1 saturated carbocycles. The van der Waals surface area contributed by atoms with Crippen LogP contribution in [0.2, 0.25) is 0 Å². The predicted octanol–water partition coefficient (Wildman–Crippen LogP) is 5.05. The molecule has 3 heterocycles. The Kier molecular flexibility index (Phi) is 6.21. The van der Waals surface area contributed by atoms with Crippen LogP contribution in [-0.4, -0.2) is 51.0 Å². The second kappa shape index (κ2) is 9.54. The van der Waals surface area contributed by atoms with Crippen molar-refractivity contribution < 1.29 is 0 Å². The van der Waals surface area contributed by atoms with Crippen molar-refractivity contribution in [2.75, 3.05) is 31.1 Å². The van der Waals surface area contributed by atoms with Crippen LogP contribution < -0.4 is 10.6 Å². The number of imidazole rings is 1. The molecule has 1 aliphatic carbocycles. The molecule has 1 saturated heterocycles. The van der Waals surface area contributed by atoms with E-state index >= 15 is 0 Å². The lowest BCUT2D eigenvalue weighted by Gasteiger charge is -2.36. The number of nitrogens with two attached hydrogens (primary N) is 1. The molecule has 2 aromatic heterocycles. The van der Waals surface area contributed by atoms with Gasteiger partial charge >= 0.3 is 0 Å². The Balaban J connectivity index is 1.14. The molecular formula is C30H37N7. The van der Waals surface area contributed by atoms with Gasteiger partial charge in [0.05, 0.1) is 22.9 Å². The van der Waals surface area contributed by atoms with Gasteiger partial charge in [-0.2, -0.15) is 0 Å². The van der Waals surface area contributed by atoms with Gasteiger partial charge in [0.1, 0.15) is 17.2 Å². The number of fused-ring (bicyclic) bond motifs is 1. The van der Waals surface area contributed by atoms with Gasteiger partial charge in [0.15, 0.2) is 0 Å². The van der Waals surface area contributed by atoms with Crippen LogP contribution in [0.15, 0.2) is 54.7 Å². The summed E-state index contributed by atoms with van der Waals surface area (Å²) in [6.45, 7) is 11.4. The fourth-order valence-electron chi connectivity index (χ4n) is 5.24. The highest BCUT2D eigenvalue weighted by molar-refractivity contribution is 5.91. The van der Waals surface area contributed by atoms with Crippen LogP contribution in [0, 0.1) is 5.92 Å². The molecule has 37 heavy (non-hydrogen) atoms. The molecule has 0 bridgehead atoms. The highest BCUT2D eigenvalue weighted by atomic mass is 15.3. The highest BCUT2D eigenvalue weighted by Crippen LogP contribution is 2.38. The molecule has 7 heteroatoms. The van der Waals surface area contributed by atoms with Crippen molar-refractivity contribution in [3.63, 3.8) is 0 Å². The minimum atomic E-state index is -0.0209. The second-order valence-corrected chi connectivity index (χ2v) is 11.6. The summed E-state index contributed by atoms with van der Waals surface area (Å²) in [6, 6.07) is 17.2. The third kappa shape index (κ3) is 5.11. The van der Waals surface area contributed by atoms with Crippen LogP contribution in [0.1, 0.15) is 56.7 Å². The summed E-state index contributed by atoms with van der Waals surface area (Å²) in [5.41, 5.74) is 13.3. The Bertz CT molecular complexity index is 1370. The molecule has 4 aromatic rings. The van der Waals surface area contributed by atoms with E-state index in [0.29, 0.717) is 5.92 Å². The minimum Gasteiger partial charge on any atom is -0.367 e. The van der Waals surface area contributed by atoms with Gasteiger partial charge < -0.3 is 15.6 Å². The van der Waals surface area contributed by atoms with Crippen LogP contribution in [0.3, 0.4) is 0 Å². The molecule has 2 fully saturated rings. The molecule has 1 atom stereocenters. The topological polar surface area (TPSA) is 87.0 Å². The first-order chi connectivity index (χ1) is 17.8. The van der Waals surface area contributed by atoms with E-state index in [0.717, 1.165) is 66.7 Å². The number of anilines is 1. The van der Waals surface area contributed by atoms with Crippen molar-refractivity contribution in [3.05, 3.63) is 71.8 Å². The standard InChI is InChI=1S/C30H37N7/c1-30(2,3)22-11-9-21(10-12-22)28-34-24-5-4-6-25(27(24)35-28)37-17-15-36(16-18-37)19-23-13-14-32-29(33-23)26(31)20-7-8-20/h4-6,9-14,20,26H,7-8,15-19,31H2,1-3H3,(H,34,35). The van der Waals surface area contributed by atoms with Crippen molar-refractivity contribution in [1.29, 1.82) is 0 Å². The van der Waals surface area contributed by atoms with Gasteiger partial charge in [-0.3, -0.25) is 4.90 Å². The maximum absolute atomic E-state index is 6.34. The van der Waals surface area contributed by atoms with Crippen LogP contribution >= 0.6 is 0 Å². The average Bonchev–Trinajstić information content (AvgIpc) is 3.66. The number of H-pyrrole nitrogens is 1. The van der Waals surface area contributed by atoms with Crippen LogP contribution in [-0.2, 0) is 12.0 Å². The van der Waals surface area contributed by atoms with E-state index in [4.69, 9.17) is 15.7 Å². The number of piperazine rings is 1. The molecule has 192 valence electrons. The first-order valence-corrected chi connectivity index (χ1v) is 13.5. The van der Waals surface area contributed by atoms with Crippen molar-refractivity contribution in [2.24, 2.45) is 11.7 Å². The minimum absolute atomic E-state index is 0.0209. The van der Waals surface area contributed by atoms with Gasteiger partial charge in [-0.25, -0.2) is 15.0 Å². The van der Waals surface area contributed by atoms with Gasteiger partial charge in [0, 0.05) is 44.5 Å². The number of nitrogens with zero attached hydrogens (tertiary/aromatic N) is 5. The number of hydrogen-bond acceptors (Lipinski definition) is 6. The Morgan fingerprint density at radius 1 is 0.973 bits per heavy atom. The molecule has 3 N–H and O–H groups in total. The number of rotatable bonds is 6. The quantitative estimate of drug-likeness (QED) is 0.389. The van der Waals surface area contributed by atoms with Crippen LogP contribution in [0.5, 0.6) is 0 Å². The Morgan fingerprint density at radius 2 is 1.73 bits per heavy atom. The summed E-state index contributed by atoms with van der Waals surface area (Å²) in [6.07, 6.45) is 4.26. The second-order valence-electron chi connectivity index (χ2n) is 11.6. The number of aromatic nitrogens is 4. The third-order valence-electron chi connectivity index (χ3n) is 7.77. The fourth-order valence-corrected chi connectivity index (χ4v) is 5.24. The largest absolute Gasteiger partial charge is 0.367 e. The first kappa shape index (κ1) is 24.1. The van der Waals surface area contributed by atoms with Crippen LogP contribution in [0.25, 0.3) is 22.4 Å². The van der Waals surface area contributed by atoms with Crippen LogP contribution in [0.4, 0.5) is 5.69 Å². The zero-order chi connectivity index (χ0) is 25.6. The SMILES string of the molecule is CC(C)(C)c1ccc(-c2nc3c(N4CCN(Cc5ccnc(C(N)C6CC6)n5)CC4)cccc3[nH]2)cc1. The lowest BCUT2D eigenvalue weighted by molar-refractivity contribution is 0.246. The zero-order valence-corrected chi connectivity index (χ0v) is 22.1. The predicted molar refractivity (Wildman–Crippen MR) is 149 cm³/mol. The molecular weight excluding hydrogens is 458 g/mol. The van der Waals surface area contributed by atoms with Gasteiger partial charge in [-0.15, -0.1) is 0 Å². The molecule has 6 rings (SSSR count). The number of benzene rings is 2. The maximum atomic E-state index is 6.34. The Labute approximate surface area is 219 Å². The molecule has 1 unspecified atom stereocenters. The van der Waals surface area contributed by atoms with Crippen molar-refractivity contribution in [1.82, 2.24) is 24.8 Å². The summed E-state index contributed by atoms with van der Waals surface area (Å²) in [5.74, 6) is 2.28. The lowest BCUT2D eigenvalue weighted by atomic mass is 9.87. The smallest absolute Gasteiger partial charge is 0.145 e. The van der Waals surface area contributed by atoms with E-state index < -0.39 is 0 Å². The number of hydrogen-bond donors (Lipinski definition) is 2. The van der Waals surface area contributed by atoms with Gasteiger partial charge in [0.2, 0.25) is 0 Å². The van der Waals surface area contributed by atoms with Gasteiger partial charge in [0.25, 0.3) is 0 Å². The number of nitrogens with one attached hydrogen (secondary N) is 1. The van der Waals surface area contributed by atoms with E-state index in [2.05, 4.69) is 83.0 Å². The van der Waals surface area contributed by atoms with E-state index in [1.807, 2.05) is 12.3 Å². The third-order valence-corrected chi connectivity index (χ3v) is 7.77. The summed E-state index contributed by atoms with van der Waals surface area (Å²) in [4.78, 5) is 22.7. The van der Waals surface area contributed by atoms with E-state index in [9.17, 15) is 0 Å². The monoisotopic (exact) mass is 495 g/mol. The first-order valence-electron chi connectivity index (χ1n) is 13.5. The number of aromatic amines is 1. The van der Waals surface area contributed by atoms with E-state index in [-0.39, 0.29) is 11.5 Å². The number of para-hydroxylation sites is 1. The van der Waals surface area contributed by atoms with Gasteiger partial charge in [-0.1, -0.05) is 51.1 Å².